The van der Waals surface area contributed by atoms with Crippen molar-refractivity contribution >= 4 is 0 Å². The van der Waals surface area contributed by atoms with E-state index in [-0.39, 0.29) is 0 Å². The molecule has 28 heavy (non-hydrogen) atoms. The molecule has 2 rings (SSSR count). The monoisotopic (exact) mass is 390 g/mol. The number of rotatable bonds is 7. The molecule has 3 nitrogen and oxygen atoms in total. The van der Waals surface area contributed by atoms with Crippen LogP contribution in [0.4, 0.5) is 0 Å². The molecule has 0 aromatic heterocycles. The van der Waals surface area contributed by atoms with E-state index in [1.165, 1.54) is 25.7 Å². The Balaban J connectivity index is 1.91. The number of hydrogen-bond acceptors (Lipinski definition) is 3. The molecule has 0 spiro atoms. The van der Waals surface area contributed by atoms with E-state index in [1.807, 2.05) is 19.9 Å². The normalized spacial score (nSPS) is 36.4. The second kappa shape index (κ2) is 10.2. The SMILES string of the molecule is C=C1/C(=C\C=C\[C@@H]2CC[C@H](C)[C@H](CCCCC(C)(C)O)[C@H]2C)C[C@@H](O)C[C@@H]1O. The maximum Gasteiger partial charge on any atom is 0.0811 e. The van der Waals surface area contributed by atoms with Gasteiger partial charge in [0, 0.05) is 6.42 Å². The van der Waals surface area contributed by atoms with Crippen LogP contribution in [0, 0.1) is 23.7 Å². The van der Waals surface area contributed by atoms with E-state index in [2.05, 4.69) is 32.6 Å². The van der Waals surface area contributed by atoms with Gasteiger partial charge in [0.25, 0.3) is 0 Å². The summed E-state index contributed by atoms with van der Waals surface area (Å²) in [5.74, 6) is 2.75. The maximum atomic E-state index is 9.99. The van der Waals surface area contributed by atoms with Crippen molar-refractivity contribution in [2.75, 3.05) is 0 Å². The molecule has 2 saturated carbocycles. The molecule has 3 heteroatoms. The van der Waals surface area contributed by atoms with Crippen LogP contribution in [0.5, 0.6) is 0 Å². The fourth-order valence-electron chi connectivity index (χ4n) is 5.10. The van der Waals surface area contributed by atoms with Crippen LogP contribution in [-0.4, -0.2) is 33.1 Å². The Morgan fingerprint density at radius 1 is 1.14 bits per heavy atom. The van der Waals surface area contributed by atoms with Crippen molar-refractivity contribution in [3.63, 3.8) is 0 Å². The van der Waals surface area contributed by atoms with E-state index in [0.29, 0.717) is 24.7 Å². The third kappa shape index (κ3) is 6.86. The molecule has 3 N–H and O–H groups in total. The minimum Gasteiger partial charge on any atom is -0.393 e. The summed E-state index contributed by atoms with van der Waals surface area (Å²) in [6, 6.07) is 0. The van der Waals surface area contributed by atoms with Gasteiger partial charge in [-0.1, -0.05) is 51.5 Å². The molecular formula is C25H42O3. The predicted molar refractivity (Wildman–Crippen MR) is 117 cm³/mol. The molecule has 0 aromatic rings. The number of allylic oxidation sites excluding steroid dienone is 3. The van der Waals surface area contributed by atoms with E-state index in [0.717, 1.165) is 35.8 Å². The first-order chi connectivity index (χ1) is 13.1. The molecule has 0 unspecified atom stereocenters. The van der Waals surface area contributed by atoms with Gasteiger partial charge in [0.1, 0.15) is 0 Å². The first-order valence-corrected chi connectivity index (χ1v) is 11.2. The molecule has 6 atom stereocenters. The number of unbranched alkanes of at least 4 members (excludes halogenated alkanes) is 1. The van der Waals surface area contributed by atoms with Crippen LogP contribution in [0.15, 0.2) is 36.0 Å². The Morgan fingerprint density at radius 2 is 1.86 bits per heavy atom. The van der Waals surface area contributed by atoms with Crippen molar-refractivity contribution < 1.29 is 15.3 Å². The molecule has 0 radical (unpaired) electrons. The smallest absolute Gasteiger partial charge is 0.0811 e. The lowest BCUT2D eigenvalue weighted by Crippen LogP contribution is -2.31. The van der Waals surface area contributed by atoms with Crippen LogP contribution >= 0.6 is 0 Å². The molecule has 0 amide bonds. The summed E-state index contributed by atoms with van der Waals surface area (Å²) in [5.41, 5.74) is 1.18. The van der Waals surface area contributed by atoms with E-state index >= 15 is 0 Å². The Hall–Kier alpha value is -0.900. The lowest BCUT2D eigenvalue weighted by atomic mass is 9.66. The Morgan fingerprint density at radius 3 is 2.54 bits per heavy atom. The van der Waals surface area contributed by atoms with Gasteiger partial charge >= 0.3 is 0 Å². The third-order valence-corrected chi connectivity index (χ3v) is 7.03. The summed E-state index contributed by atoms with van der Waals surface area (Å²) in [4.78, 5) is 0. The van der Waals surface area contributed by atoms with Gasteiger partial charge in [-0.15, -0.1) is 0 Å². The molecule has 0 aromatic carbocycles. The van der Waals surface area contributed by atoms with E-state index in [4.69, 9.17) is 0 Å². The Labute approximate surface area is 172 Å². The number of aliphatic hydroxyl groups is 3. The molecule has 2 aliphatic rings. The molecular weight excluding hydrogens is 348 g/mol. The van der Waals surface area contributed by atoms with Crippen molar-refractivity contribution in [2.45, 2.75) is 96.9 Å². The van der Waals surface area contributed by atoms with E-state index in [1.54, 1.807) is 0 Å². The molecule has 0 heterocycles. The summed E-state index contributed by atoms with van der Waals surface area (Å²) >= 11 is 0. The highest BCUT2D eigenvalue weighted by molar-refractivity contribution is 5.37. The van der Waals surface area contributed by atoms with Gasteiger partial charge in [-0.2, -0.15) is 0 Å². The molecule has 0 aliphatic heterocycles. The zero-order valence-electron chi connectivity index (χ0n) is 18.4. The average molecular weight is 391 g/mol. The van der Waals surface area contributed by atoms with E-state index in [9.17, 15) is 15.3 Å². The van der Waals surface area contributed by atoms with Crippen molar-refractivity contribution in [2.24, 2.45) is 23.7 Å². The van der Waals surface area contributed by atoms with Crippen LogP contribution in [0.25, 0.3) is 0 Å². The topological polar surface area (TPSA) is 60.7 Å². The molecule has 2 aliphatic carbocycles. The lowest BCUT2D eigenvalue weighted by Gasteiger charge is -2.39. The molecule has 2 fully saturated rings. The van der Waals surface area contributed by atoms with Gasteiger partial charge in [0.2, 0.25) is 0 Å². The van der Waals surface area contributed by atoms with Crippen LogP contribution in [0.2, 0.25) is 0 Å². The van der Waals surface area contributed by atoms with Crippen molar-refractivity contribution in [3.8, 4) is 0 Å². The van der Waals surface area contributed by atoms with Gasteiger partial charge in [-0.05, 0) is 80.8 Å². The standard InChI is InChI=1S/C25H42O3/c1-17-12-13-20(18(2)23(17)11-6-7-14-25(4,5)28)9-8-10-21-15-22(26)16-24(27)19(21)3/h8-10,17-18,20,22-24,26-28H,3,6-7,11-16H2,1-2,4-5H3/b9-8+,21-10-/t17-,18-,20+,22+,23-,24-/m0/s1. The largest absolute Gasteiger partial charge is 0.393 e. The summed E-state index contributed by atoms with van der Waals surface area (Å²) < 4.78 is 0. The van der Waals surface area contributed by atoms with Crippen LogP contribution in [0.1, 0.15) is 79.1 Å². The van der Waals surface area contributed by atoms with Crippen molar-refractivity contribution in [1.29, 1.82) is 0 Å². The van der Waals surface area contributed by atoms with Gasteiger partial charge in [0.15, 0.2) is 0 Å². The van der Waals surface area contributed by atoms with Gasteiger partial charge in [0.05, 0.1) is 17.8 Å². The highest BCUT2D eigenvalue weighted by atomic mass is 16.3. The summed E-state index contributed by atoms with van der Waals surface area (Å²) in [6.45, 7) is 12.6. The van der Waals surface area contributed by atoms with E-state index < -0.39 is 17.8 Å². The Kier molecular flexibility index (Phi) is 8.54. The van der Waals surface area contributed by atoms with Crippen molar-refractivity contribution in [3.05, 3.63) is 36.0 Å². The lowest BCUT2D eigenvalue weighted by molar-refractivity contribution is 0.0653. The zero-order chi connectivity index (χ0) is 20.9. The highest BCUT2D eigenvalue weighted by Crippen LogP contribution is 2.42. The fourth-order valence-corrected chi connectivity index (χ4v) is 5.10. The number of aliphatic hydroxyl groups excluding tert-OH is 2. The fraction of sp³-hybridized carbons (Fsp3) is 0.760. The second-order valence-corrected chi connectivity index (χ2v) is 10.0. The van der Waals surface area contributed by atoms with Crippen molar-refractivity contribution in [1.82, 2.24) is 0 Å². The minimum absolute atomic E-state index is 0.395. The van der Waals surface area contributed by atoms with Crippen LogP contribution < -0.4 is 0 Å². The molecule has 160 valence electrons. The predicted octanol–water partition coefficient (Wildman–Crippen LogP) is 5.17. The maximum absolute atomic E-state index is 9.99. The summed E-state index contributed by atoms with van der Waals surface area (Å²) in [5, 5.41) is 29.8. The average Bonchev–Trinajstić information content (AvgIpc) is 2.59. The van der Waals surface area contributed by atoms with Gasteiger partial charge in [-0.25, -0.2) is 0 Å². The Bertz CT molecular complexity index is 569. The highest BCUT2D eigenvalue weighted by Gasteiger charge is 2.33. The van der Waals surface area contributed by atoms with Crippen LogP contribution in [-0.2, 0) is 0 Å². The molecule has 0 saturated heterocycles. The second-order valence-electron chi connectivity index (χ2n) is 10.0. The van der Waals surface area contributed by atoms with Gasteiger partial charge < -0.3 is 15.3 Å². The third-order valence-electron chi connectivity index (χ3n) is 7.03. The summed E-state index contributed by atoms with van der Waals surface area (Å²) in [7, 11) is 0. The number of hydrogen-bond donors (Lipinski definition) is 3. The first kappa shape index (κ1) is 23.4. The molecule has 0 bridgehead atoms. The first-order valence-electron chi connectivity index (χ1n) is 11.2. The quantitative estimate of drug-likeness (QED) is 0.526. The zero-order valence-corrected chi connectivity index (χ0v) is 18.4. The minimum atomic E-state index is -0.619. The van der Waals surface area contributed by atoms with Crippen LogP contribution in [0.3, 0.4) is 0 Å². The van der Waals surface area contributed by atoms with Gasteiger partial charge in [-0.3, -0.25) is 0 Å². The summed E-state index contributed by atoms with van der Waals surface area (Å²) in [6.07, 6.45) is 13.3.